The molecule has 2 aromatic rings. The van der Waals surface area contributed by atoms with E-state index in [2.05, 4.69) is 5.32 Å². The van der Waals surface area contributed by atoms with Gasteiger partial charge in [0.15, 0.2) is 5.78 Å². The SMILES string of the molecule is CC(=O)c1cccc(N(CC(=O)N(Cc2ccc(Cl)cc2Cl)[C@@H](C)C(=O)NCC(C)C)S(C)(=O)=O)c1. The van der Waals surface area contributed by atoms with E-state index in [0.717, 1.165) is 10.6 Å². The Hall–Kier alpha value is -2.62. The second kappa shape index (κ2) is 12.6. The van der Waals surface area contributed by atoms with Crippen LogP contribution in [0.1, 0.15) is 43.6 Å². The average molecular weight is 557 g/mol. The van der Waals surface area contributed by atoms with Gasteiger partial charge in [0.2, 0.25) is 21.8 Å². The minimum Gasteiger partial charge on any atom is -0.354 e. The van der Waals surface area contributed by atoms with Gasteiger partial charge in [0.1, 0.15) is 12.6 Å². The lowest BCUT2D eigenvalue weighted by molar-refractivity contribution is -0.139. The molecule has 0 aliphatic rings. The Balaban J connectivity index is 2.44. The zero-order valence-corrected chi connectivity index (χ0v) is 23.2. The minimum absolute atomic E-state index is 0.0454. The summed E-state index contributed by atoms with van der Waals surface area (Å²) in [5.41, 5.74) is 1.02. The Bertz CT molecular complexity index is 1230. The number of Topliss-reactive ketones (excluding diaryl/α,β-unsaturated/α-hetero) is 1. The fraction of sp³-hybridized carbons (Fsp3) is 0.400. The van der Waals surface area contributed by atoms with Gasteiger partial charge in [-0.1, -0.05) is 55.2 Å². The summed E-state index contributed by atoms with van der Waals surface area (Å²) in [4.78, 5) is 39.5. The van der Waals surface area contributed by atoms with Crippen LogP contribution >= 0.6 is 23.2 Å². The van der Waals surface area contributed by atoms with Gasteiger partial charge in [-0.3, -0.25) is 18.7 Å². The highest BCUT2D eigenvalue weighted by Gasteiger charge is 2.30. The molecule has 36 heavy (non-hydrogen) atoms. The number of ketones is 1. The molecule has 0 spiro atoms. The van der Waals surface area contributed by atoms with Crippen LogP contribution < -0.4 is 9.62 Å². The summed E-state index contributed by atoms with van der Waals surface area (Å²) in [6.07, 6.45) is 0.972. The Morgan fingerprint density at radius 2 is 1.69 bits per heavy atom. The van der Waals surface area contributed by atoms with Crippen LogP contribution in [0.5, 0.6) is 0 Å². The van der Waals surface area contributed by atoms with Crippen LogP contribution in [-0.4, -0.2) is 56.3 Å². The van der Waals surface area contributed by atoms with Crippen LogP contribution in [0.4, 0.5) is 5.69 Å². The predicted molar refractivity (Wildman–Crippen MR) is 143 cm³/mol. The number of benzene rings is 2. The van der Waals surface area contributed by atoms with Gasteiger partial charge in [0.25, 0.3) is 0 Å². The molecule has 2 aromatic carbocycles. The van der Waals surface area contributed by atoms with Gasteiger partial charge in [-0.2, -0.15) is 0 Å². The first kappa shape index (κ1) is 29.6. The molecule has 196 valence electrons. The number of carbonyl (C=O) groups excluding carboxylic acids is 3. The summed E-state index contributed by atoms with van der Waals surface area (Å²) < 4.78 is 26.2. The number of hydrogen-bond acceptors (Lipinski definition) is 5. The summed E-state index contributed by atoms with van der Waals surface area (Å²) >= 11 is 12.3. The molecule has 8 nitrogen and oxygen atoms in total. The number of amides is 2. The zero-order chi connectivity index (χ0) is 27.2. The van der Waals surface area contributed by atoms with Crippen molar-refractivity contribution in [1.29, 1.82) is 0 Å². The lowest BCUT2D eigenvalue weighted by Gasteiger charge is -2.32. The number of carbonyl (C=O) groups is 3. The number of nitrogens with zero attached hydrogens (tertiary/aromatic N) is 2. The molecule has 1 atom stereocenters. The van der Waals surface area contributed by atoms with Gasteiger partial charge in [0.05, 0.1) is 11.9 Å². The van der Waals surface area contributed by atoms with Gasteiger partial charge < -0.3 is 10.2 Å². The van der Waals surface area contributed by atoms with Crippen molar-refractivity contribution >= 4 is 56.5 Å². The first-order chi connectivity index (χ1) is 16.7. The molecule has 2 amide bonds. The van der Waals surface area contributed by atoms with Crippen LogP contribution in [0, 0.1) is 5.92 Å². The number of sulfonamides is 1. The molecule has 0 fully saturated rings. The van der Waals surface area contributed by atoms with Crippen molar-refractivity contribution < 1.29 is 22.8 Å². The molecule has 0 saturated carbocycles. The molecule has 0 unspecified atom stereocenters. The van der Waals surface area contributed by atoms with E-state index >= 15 is 0 Å². The van der Waals surface area contributed by atoms with E-state index in [9.17, 15) is 22.8 Å². The maximum Gasteiger partial charge on any atom is 0.244 e. The normalized spacial score (nSPS) is 12.2. The molecular weight excluding hydrogens is 525 g/mol. The molecule has 0 bridgehead atoms. The van der Waals surface area contributed by atoms with Gasteiger partial charge in [-0.05, 0) is 49.6 Å². The topological polar surface area (TPSA) is 104 Å². The average Bonchev–Trinajstić information content (AvgIpc) is 2.79. The molecular formula is C25H31Cl2N3O5S. The van der Waals surface area contributed by atoms with E-state index in [1.165, 1.54) is 30.0 Å². The van der Waals surface area contributed by atoms with Crippen LogP contribution in [0.15, 0.2) is 42.5 Å². The lowest BCUT2D eigenvalue weighted by Crippen LogP contribution is -2.51. The summed E-state index contributed by atoms with van der Waals surface area (Å²) in [7, 11) is -3.91. The van der Waals surface area contributed by atoms with Gasteiger partial charge >= 0.3 is 0 Å². The second-order valence-electron chi connectivity index (χ2n) is 8.95. The summed E-state index contributed by atoms with van der Waals surface area (Å²) in [5, 5.41) is 3.53. The van der Waals surface area contributed by atoms with E-state index in [0.29, 0.717) is 27.7 Å². The van der Waals surface area contributed by atoms with Crippen molar-refractivity contribution in [3.05, 3.63) is 63.6 Å². The fourth-order valence-corrected chi connectivity index (χ4v) is 4.67. The third-order valence-electron chi connectivity index (χ3n) is 5.43. The maximum absolute atomic E-state index is 13.6. The van der Waals surface area contributed by atoms with Crippen molar-refractivity contribution in [2.45, 2.75) is 40.3 Å². The van der Waals surface area contributed by atoms with Crippen molar-refractivity contribution in [2.24, 2.45) is 5.92 Å². The minimum atomic E-state index is -3.91. The van der Waals surface area contributed by atoms with Crippen molar-refractivity contribution in [3.63, 3.8) is 0 Å². The zero-order valence-electron chi connectivity index (χ0n) is 20.9. The molecule has 11 heteroatoms. The number of rotatable bonds is 11. The molecule has 1 N–H and O–H groups in total. The quantitative estimate of drug-likeness (QED) is 0.419. The molecule has 0 aliphatic carbocycles. The number of hydrogen-bond donors (Lipinski definition) is 1. The van der Waals surface area contributed by atoms with Crippen LogP contribution in [0.3, 0.4) is 0 Å². The Morgan fingerprint density at radius 3 is 2.25 bits per heavy atom. The molecule has 0 aliphatic heterocycles. The molecule has 0 heterocycles. The fourth-order valence-electron chi connectivity index (χ4n) is 3.36. The van der Waals surface area contributed by atoms with Gasteiger partial charge in [-0.15, -0.1) is 0 Å². The number of halogens is 2. The summed E-state index contributed by atoms with van der Waals surface area (Å²) in [5.74, 6) is -1.05. The number of anilines is 1. The third-order valence-corrected chi connectivity index (χ3v) is 7.16. The first-order valence-corrected chi connectivity index (χ1v) is 13.9. The van der Waals surface area contributed by atoms with Crippen LogP contribution in [-0.2, 0) is 26.2 Å². The van der Waals surface area contributed by atoms with Gasteiger partial charge in [0, 0.05) is 28.7 Å². The van der Waals surface area contributed by atoms with Crippen molar-refractivity contribution in [2.75, 3.05) is 23.7 Å². The van der Waals surface area contributed by atoms with E-state index < -0.39 is 28.5 Å². The Kier molecular flexibility index (Phi) is 10.3. The molecule has 0 radical (unpaired) electrons. The lowest BCUT2D eigenvalue weighted by atomic mass is 10.1. The first-order valence-electron chi connectivity index (χ1n) is 11.3. The van der Waals surface area contributed by atoms with Crippen molar-refractivity contribution in [3.8, 4) is 0 Å². The Labute approximate surface area is 222 Å². The smallest absolute Gasteiger partial charge is 0.244 e. The highest BCUT2D eigenvalue weighted by molar-refractivity contribution is 7.92. The number of nitrogens with one attached hydrogen (secondary N) is 1. The second-order valence-corrected chi connectivity index (χ2v) is 11.7. The monoisotopic (exact) mass is 555 g/mol. The highest BCUT2D eigenvalue weighted by Crippen LogP contribution is 2.24. The van der Waals surface area contributed by atoms with E-state index in [-0.39, 0.29) is 29.8 Å². The van der Waals surface area contributed by atoms with Crippen molar-refractivity contribution in [1.82, 2.24) is 10.2 Å². The van der Waals surface area contributed by atoms with E-state index in [1.807, 2.05) is 13.8 Å². The molecule has 0 saturated heterocycles. The largest absolute Gasteiger partial charge is 0.354 e. The van der Waals surface area contributed by atoms with Crippen LogP contribution in [0.2, 0.25) is 10.0 Å². The highest BCUT2D eigenvalue weighted by atomic mass is 35.5. The standard InChI is InChI=1S/C25H31Cl2N3O5S/c1-16(2)13-28-25(33)17(3)29(14-20-9-10-21(26)12-23(20)27)24(32)15-30(36(5,34)35)22-8-6-7-19(11-22)18(4)31/h6-12,16-17H,13-15H2,1-5H3,(H,28,33)/t17-/m0/s1. The summed E-state index contributed by atoms with van der Waals surface area (Å²) in [6, 6.07) is 9.88. The Morgan fingerprint density at radius 1 is 1.03 bits per heavy atom. The predicted octanol–water partition coefficient (Wildman–Crippen LogP) is 4.15. The van der Waals surface area contributed by atoms with Crippen LogP contribution in [0.25, 0.3) is 0 Å². The van der Waals surface area contributed by atoms with E-state index in [4.69, 9.17) is 23.2 Å². The van der Waals surface area contributed by atoms with E-state index in [1.54, 1.807) is 31.2 Å². The molecule has 0 aromatic heterocycles. The summed E-state index contributed by atoms with van der Waals surface area (Å²) in [6.45, 7) is 6.62. The molecule has 2 rings (SSSR count). The maximum atomic E-state index is 13.6. The van der Waals surface area contributed by atoms with Gasteiger partial charge in [-0.25, -0.2) is 8.42 Å². The third kappa shape index (κ3) is 8.21.